The molecule has 4 heterocycles. The van der Waals surface area contributed by atoms with Gasteiger partial charge in [-0.15, -0.1) is 22.7 Å². The molecule has 0 spiro atoms. The molecule has 7 nitrogen and oxygen atoms in total. The highest BCUT2D eigenvalue weighted by Crippen LogP contribution is 2.34. The Labute approximate surface area is 222 Å². The van der Waals surface area contributed by atoms with Crippen LogP contribution in [0.5, 0.6) is 5.75 Å². The van der Waals surface area contributed by atoms with Crippen LogP contribution in [0.3, 0.4) is 0 Å². The van der Waals surface area contributed by atoms with E-state index in [-0.39, 0.29) is 12.0 Å². The minimum Gasteiger partial charge on any atom is -0.497 e. The van der Waals surface area contributed by atoms with E-state index in [1.165, 1.54) is 22.7 Å². The van der Waals surface area contributed by atoms with E-state index in [1.807, 2.05) is 77.6 Å². The maximum absolute atomic E-state index is 14.0. The molecule has 1 atom stereocenters. The van der Waals surface area contributed by atoms with E-state index in [4.69, 9.17) is 19.6 Å². The highest BCUT2D eigenvalue weighted by molar-refractivity contribution is 7.20. The van der Waals surface area contributed by atoms with Gasteiger partial charge in [-0.3, -0.25) is 9.69 Å². The Hall–Kier alpha value is -3.53. The maximum atomic E-state index is 14.0. The number of anilines is 1. The minimum absolute atomic E-state index is 0.00760. The van der Waals surface area contributed by atoms with Gasteiger partial charge in [-0.1, -0.05) is 18.2 Å². The number of amides is 1. The number of hydrogen-bond donors (Lipinski definition) is 0. The van der Waals surface area contributed by atoms with Gasteiger partial charge in [0.25, 0.3) is 5.91 Å². The summed E-state index contributed by atoms with van der Waals surface area (Å²) in [6.45, 7) is 3.19. The lowest BCUT2D eigenvalue weighted by Crippen LogP contribution is -2.37. The standard InChI is InChI=1S/C28H26N4O3S2/c1-18-23-15-25(37-27(23)32(30-18)20-7-4-3-5-8-20)26(33)31(16-22-9-6-14-35-22)28-29-24(17-36-28)19-10-12-21(34-2)13-11-19/h3-5,7-8,10-13,15,17,22H,6,9,14,16H2,1-2H3/t22-/m0/s1. The van der Waals surface area contributed by atoms with Crippen molar-refractivity contribution in [2.24, 2.45) is 0 Å². The number of aromatic nitrogens is 3. The number of aryl methyl sites for hydroxylation is 1. The minimum atomic E-state index is -0.0636. The second kappa shape index (κ2) is 10.1. The smallest absolute Gasteiger partial charge is 0.270 e. The van der Waals surface area contributed by atoms with Crippen molar-refractivity contribution in [3.63, 3.8) is 0 Å². The van der Waals surface area contributed by atoms with Crippen LogP contribution in [0.1, 0.15) is 28.2 Å². The van der Waals surface area contributed by atoms with Crippen LogP contribution in [0.2, 0.25) is 0 Å². The first-order valence-electron chi connectivity index (χ1n) is 12.2. The molecule has 1 aliphatic rings. The Morgan fingerprint density at radius 3 is 2.73 bits per heavy atom. The number of hydrogen-bond acceptors (Lipinski definition) is 7. The summed E-state index contributed by atoms with van der Waals surface area (Å²) in [4.78, 5) is 22.3. The summed E-state index contributed by atoms with van der Waals surface area (Å²) in [5, 5.41) is 8.38. The Bertz CT molecular complexity index is 1530. The van der Waals surface area contributed by atoms with Crippen LogP contribution in [0, 0.1) is 6.92 Å². The molecule has 37 heavy (non-hydrogen) atoms. The molecule has 188 valence electrons. The van der Waals surface area contributed by atoms with Crippen LogP contribution in [0.15, 0.2) is 66.0 Å². The highest BCUT2D eigenvalue weighted by atomic mass is 32.1. The summed E-state index contributed by atoms with van der Waals surface area (Å²) < 4.78 is 13.1. The number of carbonyl (C=O) groups is 1. The number of rotatable bonds is 7. The predicted molar refractivity (Wildman–Crippen MR) is 148 cm³/mol. The molecule has 0 N–H and O–H groups in total. The highest BCUT2D eigenvalue weighted by Gasteiger charge is 2.29. The molecule has 1 amide bonds. The Morgan fingerprint density at radius 1 is 1.19 bits per heavy atom. The molecule has 0 saturated carbocycles. The van der Waals surface area contributed by atoms with Gasteiger partial charge in [0.2, 0.25) is 0 Å². The van der Waals surface area contributed by atoms with E-state index in [0.717, 1.165) is 58.1 Å². The van der Waals surface area contributed by atoms with E-state index in [2.05, 4.69) is 0 Å². The van der Waals surface area contributed by atoms with E-state index in [1.54, 1.807) is 12.0 Å². The first kappa shape index (κ1) is 23.8. The fourth-order valence-electron chi connectivity index (χ4n) is 4.55. The van der Waals surface area contributed by atoms with Gasteiger partial charge in [-0.2, -0.15) is 5.10 Å². The van der Waals surface area contributed by atoms with E-state index < -0.39 is 0 Å². The van der Waals surface area contributed by atoms with Gasteiger partial charge in [0.05, 0.1) is 41.7 Å². The molecule has 6 rings (SSSR count). The van der Waals surface area contributed by atoms with E-state index in [0.29, 0.717) is 16.6 Å². The van der Waals surface area contributed by atoms with Gasteiger partial charge < -0.3 is 9.47 Å². The number of thiophene rings is 1. The molecule has 1 saturated heterocycles. The van der Waals surface area contributed by atoms with Gasteiger partial charge in [0.15, 0.2) is 5.13 Å². The molecular weight excluding hydrogens is 504 g/mol. The van der Waals surface area contributed by atoms with Crippen molar-refractivity contribution in [1.29, 1.82) is 0 Å². The van der Waals surface area contributed by atoms with Crippen LogP contribution >= 0.6 is 22.7 Å². The zero-order valence-electron chi connectivity index (χ0n) is 20.6. The SMILES string of the molecule is COc1ccc(-c2csc(N(C[C@@H]3CCCO3)C(=O)c3cc4c(C)nn(-c5ccccc5)c4s3)n2)cc1. The summed E-state index contributed by atoms with van der Waals surface area (Å²) in [5.41, 5.74) is 3.69. The average molecular weight is 531 g/mol. The molecule has 0 radical (unpaired) electrons. The monoisotopic (exact) mass is 530 g/mol. The number of benzene rings is 2. The zero-order valence-corrected chi connectivity index (χ0v) is 22.2. The summed E-state index contributed by atoms with van der Waals surface area (Å²) in [6.07, 6.45) is 1.96. The molecule has 5 aromatic rings. The third kappa shape index (κ3) is 4.66. The molecule has 9 heteroatoms. The molecule has 3 aromatic heterocycles. The lowest BCUT2D eigenvalue weighted by molar-refractivity contribution is 0.0920. The fraction of sp³-hybridized carbons (Fsp3) is 0.250. The maximum Gasteiger partial charge on any atom is 0.270 e. The van der Waals surface area contributed by atoms with E-state index in [9.17, 15) is 4.79 Å². The normalized spacial score (nSPS) is 15.4. The summed E-state index contributed by atoms with van der Waals surface area (Å²) in [7, 11) is 1.65. The van der Waals surface area contributed by atoms with Crippen molar-refractivity contribution >= 4 is 43.9 Å². The number of nitrogens with zero attached hydrogens (tertiary/aromatic N) is 4. The first-order chi connectivity index (χ1) is 18.1. The molecule has 0 aliphatic carbocycles. The number of methoxy groups -OCH3 is 1. The van der Waals surface area contributed by atoms with Gasteiger partial charge in [-0.05, 0) is 62.2 Å². The molecule has 0 unspecified atom stereocenters. The molecule has 2 aromatic carbocycles. The first-order valence-corrected chi connectivity index (χ1v) is 13.9. The predicted octanol–water partition coefficient (Wildman–Crippen LogP) is 6.35. The van der Waals surface area contributed by atoms with Crippen LogP contribution in [0.4, 0.5) is 5.13 Å². The average Bonchev–Trinajstić information content (AvgIpc) is 3.74. The molecule has 1 fully saturated rings. The third-order valence-electron chi connectivity index (χ3n) is 6.52. The number of fused-ring (bicyclic) bond motifs is 1. The summed E-state index contributed by atoms with van der Waals surface area (Å²) in [5.74, 6) is 0.731. The third-order valence-corrected chi connectivity index (χ3v) is 8.48. The fourth-order valence-corrected chi connectivity index (χ4v) is 6.53. The van der Waals surface area contributed by atoms with E-state index >= 15 is 0 Å². The van der Waals surface area contributed by atoms with Gasteiger partial charge >= 0.3 is 0 Å². The van der Waals surface area contributed by atoms with Crippen LogP contribution in [0.25, 0.3) is 27.2 Å². The van der Waals surface area contributed by atoms with Crippen molar-refractivity contribution in [3.8, 4) is 22.7 Å². The zero-order chi connectivity index (χ0) is 25.4. The Morgan fingerprint density at radius 2 is 2.00 bits per heavy atom. The van der Waals surface area contributed by atoms with Gasteiger partial charge in [0, 0.05) is 22.9 Å². The second-order valence-corrected chi connectivity index (χ2v) is 10.8. The molecule has 1 aliphatic heterocycles. The quantitative estimate of drug-likeness (QED) is 0.245. The van der Waals surface area contributed by atoms with Gasteiger partial charge in [0.1, 0.15) is 10.6 Å². The lowest BCUT2D eigenvalue weighted by Gasteiger charge is -2.22. The van der Waals surface area contributed by atoms with Crippen molar-refractivity contribution in [1.82, 2.24) is 14.8 Å². The van der Waals surface area contributed by atoms with Gasteiger partial charge in [-0.25, -0.2) is 9.67 Å². The summed E-state index contributed by atoms with van der Waals surface area (Å²) >= 11 is 2.94. The summed E-state index contributed by atoms with van der Waals surface area (Å²) in [6, 6.07) is 19.8. The number of ether oxygens (including phenoxy) is 2. The Kier molecular flexibility index (Phi) is 6.50. The number of thiazole rings is 1. The molecule has 0 bridgehead atoms. The van der Waals surface area contributed by atoms with Crippen LogP contribution in [-0.4, -0.2) is 47.0 Å². The largest absolute Gasteiger partial charge is 0.497 e. The van der Waals surface area contributed by atoms with Crippen LogP contribution < -0.4 is 9.64 Å². The van der Waals surface area contributed by atoms with Crippen molar-refractivity contribution in [2.75, 3.05) is 25.2 Å². The van der Waals surface area contributed by atoms with Crippen LogP contribution in [-0.2, 0) is 4.74 Å². The van der Waals surface area contributed by atoms with Crippen molar-refractivity contribution < 1.29 is 14.3 Å². The lowest BCUT2D eigenvalue weighted by atomic mass is 10.2. The Balaban J connectivity index is 1.35. The van der Waals surface area contributed by atoms with Crippen molar-refractivity contribution in [2.45, 2.75) is 25.9 Å². The second-order valence-electron chi connectivity index (χ2n) is 8.96. The van der Waals surface area contributed by atoms with Crippen molar-refractivity contribution in [3.05, 3.63) is 76.6 Å². The molecular formula is C28H26N4O3S2. The number of para-hydroxylation sites is 1. The topological polar surface area (TPSA) is 69.5 Å². The number of carbonyl (C=O) groups excluding carboxylic acids is 1.